The molecule has 0 fully saturated rings. The summed E-state index contributed by atoms with van der Waals surface area (Å²) < 4.78 is 1.43. The fraction of sp³-hybridized carbons (Fsp3) is 0.500. The summed E-state index contributed by atoms with van der Waals surface area (Å²) in [5.41, 5.74) is 5.65. The first-order valence-electron chi connectivity index (χ1n) is 5.69. The van der Waals surface area contributed by atoms with E-state index in [2.05, 4.69) is 51.1 Å². The molecule has 0 aliphatic heterocycles. The van der Waals surface area contributed by atoms with E-state index in [9.17, 15) is 0 Å². The van der Waals surface area contributed by atoms with Crippen LogP contribution in [0.3, 0.4) is 0 Å². The molecule has 0 spiro atoms. The van der Waals surface area contributed by atoms with Gasteiger partial charge >= 0.3 is 0 Å². The van der Waals surface area contributed by atoms with Gasteiger partial charge in [-0.3, -0.25) is 0 Å². The topological polar surface area (TPSA) is 107 Å². The minimum Gasteiger partial charge on any atom is -0.368 e. The molecule has 2 aromatic heterocycles. The minimum absolute atomic E-state index is 0.147. The third kappa shape index (κ3) is 2.70. The molecule has 0 radical (unpaired) electrons. The Morgan fingerprint density at radius 1 is 1.22 bits per heavy atom. The van der Waals surface area contributed by atoms with E-state index in [1.807, 2.05) is 0 Å². The lowest BCUT2D eigenvalue weighted by atomic mass is 10.1. The molecule has 0 aliphatic rings. The third-order valence-corrected chi connectivity index (χ3v) is 2.62. The summed E-state index contributed by atoms with van der Waals surface area (Å²) in [6.45, 7) is 6.28. The van der Waals surface area contributed by atoms with Gasteiger partial charge in [-0.05, 0) is 12.8 Å². The van der Waals surface area contributed by atoms with Gasteiger partial charge in [0.05, 0.1) is 0 Å². The fourth-order valence-electron chi connectivity index (χ4n) is 1.23. The number of hydrogen-bond donors (Lipinski definition) is 2. The summed E-state index contributed by atoms with van der Waals surface area (Å²) in [5.74, 6) is 1.39. The number of nitrogens with two attached hydrogens (primary N) is 1. The second kappa shape index (κ2) is 4.94. The molecule has 0 amide bonds. The van der Waals surface area contributed by atoms with E-state index in [0.717, 1.165) is 0 Å². The van der Waals surface area contributed by atoms with Gasteiger partial charge in [-0.2, -0.15) is 24.7 Å². The average molecular weight is 248 g/mol. The van der Waals surface area contributed by atoms with Gasteiger partial charge in [0.1, 0.15) is 12.7 Å². The molecule has 0 aromatic carbocycles. The summed E-state index contributed by atoms with van der Waals surface area (Å²) in [6, 6.07) is 0.232. The van der Waals surface area contributed by atoms with Crippen LogP contribution in [0.2, 0.25) is 0 Å². The molecule has 2 aromatic rings. The fourth-order valence-corrected chi connectivity index (χ4v) is 1.23. The second-order valence-corrected chi connectivity index (χ2v) is 4.33. The highest BCUT2D eigenvalue weighted by molar-refractivity contribution is 5.35. The first-order chi connectivity index (χ1) is 8.56. The number of anilines is 2. The van der Waals surface area contributed by atoms with Crippen LogP contribution in [0, 0.1) is 5.92 Å². The summed E-state index contributed by atoms with van der Waals surface area (Å²) in [7, 11) is 0. The van der Waals surface area contributed by atoms with E-state index in [0.29, 0.717) is 17.8 Å². The molecule has 3 N–H and O–H groups in total. The molecule has 0 bridgehead atoms. The molecule has 1 unspecified atom stereocenters. The largest absolute Gasteiger partial charge is 0.368 e. The lowest BCUT2D eigenvalue weighted by Gasteiger charge is -2.17. The standard InChI is InChI=1S/C10H16N8/c1-6(2)7(3)14-9-15-8(11)16-10(17-9)18-5-12-4-13-18/h4-7H,1-3H3,(H3,11,14,15,16,17). The summed E-state index contributed by atoms with van der Waals surface area (Å²) in [4.78, 5) is 16.1. The van der Waals surface area contributed by atoms with E-state index < -0.39 is 0 Å². The van der Waals surface area contributed by atoms with Crippen LogP contribution in [0.4, 0.5) is 11.9 Å². The highest BCUT2D eigenvalue weighted by Gasteiger charge is 2.11. The Hall–Kier alpha value is -2.25. The number of nitrogens with zero attached hydrogens (tertiary/aromatic N) is 6. The molecule has 18 heavy (non-hydrogen) atoms. The Balaban J connectivity index is 2.27. The van der Waals surface area contributed by atoms with Crippen LogP contribution in [0.15, 0.2) is 12.7 Å². The lowest BCUT2D eigenvalue weighted by molar-refractivity contribution is 0.555. The van der Waals surface area contributed by atoms with Gasteiger partial charge in [0, 0.05) is 6.04 Å². The highest BCUT2D eigenvalue weighted by Crippen LogP contribution is 2.10. The third-order valence-electron chi connectivity index (χ3n) is 2.62. The molecule has 0 saturated carbocycles. The molecule has 2 heterocycles. The number of nitrogen functional groups attached to an aromatic ring is 1. The number of nitrogens with one attached hydrogen (secondary N) is 1. The maximum atomic E-state index is 5.65. The van der Waals surface area contributed by atoms with Crippen LogP contribution in [0.1, 0.15) is 20.8 Å². The van der Waals surface area contributed by atoms with E-state index in [1.54, 1.807) is 0 Å². The predicted octanol–water partition coefficient (Wildman–Crippen LogP) is 0.491. The van der Waals surface area contributed by atoms with E-state index in [-0.39, 0.29) is 12.0 Å². The smallest absolute Gasteiger partial charge is 0.258 e. The molecule has 2 rings (SSSR count). The number of hydrogen-bond acceptors (Lipinski definition) is 7. The first-order valence-corrected chi connectivity index (χ1v) is 5.69. The van der Waals surface area contributed by atoms with Crippen LogP contribution in [0.25, 0.3) is 5.95 Å². The number of aromatic nitrogens is 6. The Morgan fingerprint density at radius 2 is 2.00 bits per heavy atom. The van der Waals surface area contributed by atoms with Crippen molar-refractivity contribution in [3.05, 3.63) is 12.7 Å². The average Bonchev–Trinajstić information content (AvgIpc) is 2.81. The van der Waals surface area contributed by atoms with Crippen molar-refractivity contribution in [1.82, 2.24) is 29.7 Å². The highest BCUT2D eigenvalue weighted by atomic mass is 15.4. The van der Waals surface area contributed by atoms with E-state index in [1.165, 1.54) is 17.3 Å². The van der Waals surface area contributed by atoms with Gasteiger partial charge in [0.15, 0.2) is 0 Å². The van der Waals surface area contributed by atoms with Crippen LogP contribution >= 0.6 is 0 Å². The van der Waals surface area contributed by atoms with Crippen LogP contribution in [-0.4, -0.2) is 35.8 Å². The quantitative estimate of drug-likeness (QED) is 0.810. The van der Waals surface area contributed by atoms with Crippen LogP contribution < -0.4 is 11.1 Å². The molecule has 0 saturated heterocycles. The molecule has 8 heteroatoms. The first kappa shape index (κ1) is 12.2. The Bertz CT molecular complexity index is 507. The zero-order valence-corrected chi connectivity index (χ0v) is 10.6. The van der Waals surface area contributed by atoms with Gasteiger partial charge in [-0.15, -0.1) is 0 Å². The van der Waals surface area contributed by atoms with Gasteiger partial charge in [0.25, 0.3) is 5.95 Å². The normalized spacial score (nSPS) is 12.7. The maximum Gasteiger partial charge on any atom is 0.258 e. The van der Waals surface area contributed by atoms with Crippen molar-refractivity contribution in [1.29, 1.82) is 0 Å². The van der Waals surface area contributed by atoms with Crippen molar-refractivity contribution in [2.24, 2.45) is 5.92 Å². The van der Waals surface area contributed by atoms with Crippen LogP contribution in [-0.2, 0) is 0 Å². The Kier molecular flexibility index (Phi) is 3.35. The SMILES string of the molecule is CC(C)C(C)Nc1nc(N)nc(-n2cncn2)n1. The maximum absolute atomic E-state index is 5.65. The van der Waals surface area contributed by atoms with Crippen molar-refractivity contribution in [3.8, 4) is 5.95 Å². The van der Waals surface area contributed by atoms with Gasteiger partial charge in [-0.25, -0.2) is 4.98 Å². The molecular formula is C10H16N8. The minimum atomic E-state index is 0.147. The molecule has 0 aliphatic carbocycles. The van der Waals surface area contributed by atoms with Gasteiger partial charge < -0.3 is 11.1 Å². The molecular weight excluding hydrogens is 232 g/mol. The van der Waals surface area contributed by atoms with Crippen LogP contribution in [0.5, 0.6) is 0 Å². The van der Waals surface area contributed by atoms with Crippen molar-refractivity contribution in [2.75, 3.05) is 11.1 Å². The van der Waals surface area contributed by atoms with Crippen molar-refractivity contribution >= 4 is 11.9 Å². The number of rotatable bonds is 4. The Morgan fingerprint density at radius 3 is 2.61 bits per heavy atom. The van der Waals surface area contributed by atoms with Crippen molar-refractivity contribution in [3.63, 3.8) is 0 Å². The molecule has 8 nitrogen and oxygen atoms in total. The van der Waals surface area contributed by atoms with Gasteiger partial charge in [-0.1, -0.05) is 13.8 Å². The van der Waals surface area contributed by atoms with E-state index >= 15 is 0 Å². The van der Waals surface area contributed by atoms with Crippen molar-refractivity contribution < 1.29 is 0 Å². The monoisotopic (exact) mass is 248 g/mol. The zero-order valence-electron chi connectivity index (χ0n) is 10.6. The van der Waals surface area contributed by atoms with Crippen molar-refractivity contribution in [2.45, 2.75) is 26.8 Å². The Labute approximate surface area is 105 Å². The van der Waals surface area contributed by atoms with Gasteiger partial charge in [0.2, 0.25) is 11.9 Å². The summed E-state index contributed by atoms with van der Waals surface area (Å²) >= 11 is 0. The second-order valence-electron chi connectivity index (χ2n) is 4.33. The zero-order chi connectivity index (χ0) is 13.1. The lowest BCUT2D eigenvalue weighted by Crippen LogP contribution is -2.24. The molecule has 1 atom stereocenters. The predicted molar refractivity (Wildman–Crippen MR) is 67.1 cm³/mol. The summed E-state index contributed by atoms with van der Waals surface area (Å²) in [5, 5.41) is 7.13. The molecule has 96 valence electrons. The summed E-state index contributed by atoms with van der Waals surface area (Å²) in [6.07, 6.45) is 2.91. The van der Waals surface area contributed by atoms with E-state index in [4.69, 9.17) is 5.73 Å².